The van der Waals surface area contributed by atoms with E-state index >= 15 is 0 Å². The van der Waals surface area contributed by atoms with E-state index in [0.717, 1.165) is 42.5 Å². The molecule has 30 heavy (non-hydrogen) atoms. The predicted molar refractivity (Wildman–Crippen MR) is 114 cm³/mol. The number of rotatable bonds is 11. The highest BCUT2D eigenvalue weighted by Gasteiger charge is 2.13. The van der Waals surface area contributed by atoms with Gasteiger partial charge in [0.25, 0.3) is 5.91 Å². The molecule has 3 aromatic rings. The number of imidazole rings is 1. The lowest BCUT2D eigenvalue weighted by molar-refractivity contribution is -0.141. The molecule has 0 aliphatic carbocycles. The Balaban J connectivity index is 1.40. The van der Waals surface area contributed by atoms with Gasteiger partial charge in [-0.25, -0.2) is 4.98 Å². The lowest BCUT2D eigenvalue weighted by Crippen LogP contribution is -2.29. The van der Waals surface area contributed by atoms with E-state index < -0.39 is 0 Å². The number of amides is 1. The molecule has 0 saturated carbocycles. The standard InChI is InChI=1S/C23H27N3O4/c1-29-23(28)16-26-20-13-8-7-12-19(20)25-21(26)14-6-3-9-15-24-22(27)17-30-18-10-4-2-5-11-18/h2,4-5,7-8,10-13H,3,6,9,14-17H2,1H3,(H,24,27). The topological polar surface area (TPSA) is 82.5 Å². The Hall–Kier alpha value is -3.35. The van der Waals surface area contributed by atoms with Crippen LogP contribution in [-0.2, 0) is 27.3 Å². The number of hydrogen-bond acceptors (Lipinski definition) is 5. The molecule has 1 N–H and O–H groups in total. The van der Waals surface area contributed by atoms with Crippen molar-refractivity contribution in [1.29, 1.82) is 0 Å². The Labute approximate surface area is 176 Å². The molecule has 0 saturated heterocycles. The number of nitrogens with one attached hydrogen (secondary N) is 1. The molecular formula is C23H27N3O4. The number of carbonyl (C=O) groups excluding carboxylic acids is 2. The van der Waals surface area contributed by atoms with Gasteiger partial charge < -0.3 is 19.4 Å². The van der Waals surface area contributed by atoms with Crippen LogP contribution in [0.25, 0.3) is 11.0 Å². The Morgan fingerprint density at radius 2 is 1.77 bits per heavy atom. The van der Waals surface area contributed by atoms with Gasteiger partial charge in [0.05, 0.1) is 18.1 Å². The van der Waals surface area contributed by atoms with Gasteiger partial charge in [0.15, 0.2) is 6.61 Å². The monoisotopic (exact) mass is 409 g/mol. The quantitative estimate of drug-likeness (QED) is 0.389. The molecule has 0 aliphatic rings. The van der Waals surface area contributed by atoms with E-state index in [4.69, 9.17) is 9.47 Å². The highest BCUT2D eigenvalue weighted by molar-refractivity contribution is 5.79. The van der Waals surface area contributed by atoms with Crippen LogP contribution in [0.3, 0.4) is 0 Å². The Bertz CT molecular complexity index is 969. The van der Waals surface area contributed by atoms with Crippen LogP contribution in [0.5, 0.6) is 5.75 Å². The maximum Gasteiger partial charge on any atom is 0.325 e. The number of benzene rings is 2. The largest absolute Gasteiger partial charge is 0.484 e. The maximum absolute atomic E-state index is 11.9. The van der Waals surface area contributed by atoms with Crippen molar-refractivity contribution >= 4 is 22.9 Å². The Morgan fingerprint density at radius 1 is 1.00 bits per heavy atom. The molecule has 0 radical (unpaired) electrons. The minimum Gasteiger partial charge on any atom is -0.484 e. The maximum atomic E-state index is 11.9. The highest BCUT2D eigenvalue weighted by Crippen LogP contribution is 2.18. The van der Waals surface area contributed by atoms with Crippen molar-refractivity contribution < 1.29 is 19.1 Å². The van der Waals surface area contributed by atoms with E-state index in [-0.39, 0.29) is 25.0 Å². The van der Waals surface area contributed by atoms with Crippen LogP contribution in [0, 0.1) is 0 Å². The third kappa shape index (κ3) is 6.07. The molecule has 0 aliphatic heterocycles. The third-order valence-corrected chi connectivity index (χ3v) is 4.76. The molecule has 3 rings (SSSR count). The zero-order chi connectivity index (χ0) is 21.2. The van der Waals surface area contributed by atoms with Crippen LogP contribution in [-0.4, -0.2) is 41.7 Å². The van der Waals surface area contributed by atoms with Crippen molar-refractivity contribution in [3.05, 3.63) is 60.4 Å². The van der Waals surface area contributed by atoms with Crippen molar-refractivity contribution in [2.24, 2.45) is 0 Å². The van der Waals surface area contributed by atoms with E-state index in [1.54, 1.807) is 0 Å². The second-order valence-electron chi connectivity index (χ2n) is 6.94. The molecule has 1 heterocycles. The summed E-state index contributed by atoms with van der Waals surface area (Å²) in [6, 6.07) is 17.1. The fourth-order valence-electron chi connectivity index (χ4n) is 3.22. The summed E-state index contributed by atoms with van der Waals surface area (Å²) in [5, 5.41) is 2.87. The van der Waals surface area contributed by atoms with Crippen molar-refractivity contribution in [1.82, 2.24) is 14.9 Å². The molecule has 7 heteroatoms. The van der Waals surface area contributed by atoms with Crippen LogP contribution in [0.2, 0.25) is 0 Å². The number of carbonyl (C=O) groups is 2. The predicted octanol–water partition coefficient (Wildman–Crippen LogP) is 3.12. The molecule has 2 aromatic carbocycles. The van der Waals surface area contributed by atoms with E-state index in [1.807, 2.05) is 59.2 Å². The number of aromatic nitrogens is 2. The third-order valence-electron chi connectivity index (χ3n) is 4.76. The van der Waals surface area contributed by atoms with Gasteiger partial charge in [-0.3, -0.25) is 9.59 Å². The lowest BCUT2D eigenvalue weighted by Gasteiger charge is -2.09. The Kier molecular flexibility index (Phi) is 7.83. The van der Waals surface area contributed by atoms with E-state index in [9.17, 15) is 9.59 Å². The molecule has 1 amide bonds. The summed E-state index contributed by atoms with van der Waals surface area (Å²) in [4.78, 5) is 28.3. The highest BCUT2D eigenvalue weighted by atomic mass is 16.5. The van der Waals surface area contributed by atoms with Crippen molar-refractivity contribution in [3.63, 3.8) is 0 Å². The van der Waals surface area contributed by atoms with Crippen LogP contribution in [0.4, 0.5) is 0 Å². The molecule has 0 unspecified atom stereocenters. The summed E-state index contributed by atoms with van der Waals surface area (Å²) in [6.45, 7) is 0.779. The van der Waals surface area contributed by atoms with Gasteiger partial charge in [0.1, 0.15) is 18.1 Å². The number of unbranched alkanes of at least 4 members (excludes halogenated alkanes) is 2. The van der Waals surface area contributed by atoms with Gasteiger partial charge in [-0.2, -0.15) is 0 Å². The fraction of sp³-hybridized carbons (Fsp3) is 0.348. The average molecular weight is 409 g/mol. The smallest absolute Gasteiger partial charge is 0.325 e. The van der Waals surface area contributed by atoms with E-state index in [0.29, 0.717) is 12.3 Å². The van der Waals surface area contributed by atoms with Crippen LogP contribution < -0.4 is 10.1 Å². The van der Waals surface area contributed by atoms with Gasteiger partial charge in [0.2, 0.25) is 0 Å². The van der Waals surface area contributed by atoms with Crippen LogP contribution >= 0.6 is 0 Å². The normalized spacial score (nSPS) is 10.7. The number of hydrogen-bond donors (Lipinski definition) is 1. The molecule has 0 spiro atoms. The first-order valence-electron chi connectivity index (χ1n) is 10.1. The molecular weight excluding hydrogens is 382 g/mol. The molecule has 0 atom stereocenters. The van der Waals surface area contributed by atoms with E-state index in [2.05, 4.69) is 10.3 Å². The Morgan fingerprint density at radius 3 is 2.57 bits per heavy atom. The number of aryl methyl sites for hydroxylation is 1. The first-order chi connectivity index (χ1) is 14.7. The van der Waals surface area contributed by atoms with Crippen LogP contribution in [0.15, 0.2) is 54.6 Å². The number of methoxy groups -OCH3 is 1. The van der Waals surface area contributed by atoms with Crippen molar-refractivity contribution in [2.75, 3.05) is 20.3 Å². The number of fused-ring (bicyclic) bond motifs is 1. The number of esters is 1. The number of para-hydroxylation sites is 3. The first-order valence-corrected chi connectivity index (χ1v) is 10.1. The summed E-state index contributed by atoms with van der Waals surface area (Å²) in [7, 11) is 1.39. The minimum atomic E-state index is -0.292. The summed E-state index contributed by atoms with van der Waals surface area (Å²) in [5.41, 5.74) is 1.81. The van der Waals surface area contributed by atoms with Gasteiger partial charge in [-0.05, 0) is 37.1 Å². The SMILES string of the molecule is COC(=O)Cn1c(CCCCCNC(=O)COc2ccccc2)nc2ccccc21. The lowest BCUT2D eigenvalue weighted by atomic mass is 10.2. The van der Waals surface area contributed by atoms with Gasteiger partial charge >= 0.3 is 5.97 Å². The zero-order valence-corrected chi connectivity index (χ0v) is 17.2. The second kappa shape index (κ2) is 11.0. The van der Waals surface area contributed by atoms with Gasteiger partial charge in [-0.1, -0.05) is 36.8 Å². The summed E-state index contributed by atoms with van der Waals surface area (Å²) < 4.78 is 12.2. The molecule has 158 valence electrons. The second-order valence-corrected chi connectivity index (χ2v) is 6.94. The molecule has 0 bridgehead atoms. The zero-order valence-electron chi connectivity index (χ0n) is 17.2. The van der Waals surface area contributed by atoms with Crippen molar-refractivity contribution in [3.8, 4) is 5.75 Å². The average Bonchev–Trinajstić information content (AvgIpc) is 3.12. The molecule has 7 nitrogen and oxygen atoms in total. The van der Waals surface area contributed by atoms with Crippen LogP contribution in [0.1, 0.15) is 25.1 Å². The molecule has 1 aromatic heterocycles. The van der Waals surface area contributed by atoms with E-state index in [1.165, 1.54) is 7.11 Å². The minimum absolute atomic E-state index is 0.0154. The molecule has 0 fully saturated rings. The summed E-state index contributed by atoms with van der Waals surface area (Å²) >= 11 is 0. The number of ether oxygens (including phenoxy) is 2. The summed E-state index contributed by atoms with van der Waals surface area (Å²) in [5.74, 6) is 1.14. The number of nitrogens with zero attached hydrogens (tertiary/aromatic N) is 2. The van der Waals surface area contributed by atoms with Gasteiger partial charge in [0, 0.05) is 13.0 Å². The fourth-order valence-corrected chi connectivity index (χ4v) is 3.22. The van der Waals surface area contributed by atoms with Crippen molar-refractivity contribution in [2.45, 2.75) is 32.2 Å². The first kappa shape index (κ1) is 21.4. The summed E-state index contributed by atoms with van der Waals surface area (Å²) in [6.07, 6.45) is 3.49. The van der Waals surface area contributed by atoms with Gasteiger partial charge in [-0.15, -0.1) is 0 Å².